The summed E-state index contributed by atoms with van der Waals surface area (Å²) in [6.45, 7) is -0.0809. The molecular formula is C19H17FN2O6. The van der Waals surface area contributed by atoms with E-state index in [0.29, 0.717) is 5.56 Å². The molecule has 0 amide bonds. The van der Waals surface area contributed by atoms with Crippen LogP contribution in [-0.4, -0.2) is 40.1 Å². The van der Waals surface area contributed by atoms with Crippen LogP contribution in [0.1, 0.15) is 22.0 Å². The van der Waals surface area contributed by atoms with Crippen molar-refractivity contribution in [2.24, 2.45) is 0 Å². The number of phenols is 1. The number of phenolic OH excluding ortho intramolecular Hbond substituents is 1. The smallest absolute Gasteiger partial charge is 0.343 e. The van der Waals surface area contributed by atoms with Gasteiger partial charge < -0.3 is 29.9 Å². The fourth-order valence-corrected chi connectivity index (χ4v) is 2.65. The van der Waals surface area contributed by atoms with Gasteiger partial charge in [-0.2, -0.15) is 0 Å². The Bertz CT molecular complexity index is 1000. The van der Waals surface area contributed by atoms with Crippen molar-refractivity contribution in [3.05, 3.63) is 59.4 Å². The van der Waals surface area contributed by atoms with Gasteiger partial charge in [0.2, 0.25) is 0 Å². The first-order chi connectivity index (χ1) is 13.4. The summed E-state index contributed by atoms with van der Waals surface area (Å²) in [5.74, 6) is -2.16. The van der Waals surface area contributed by atoms with Crippen LogP contribution in [0.15, 0.2) is 47.0 Å². The van der Waals surface area contributed by atoms with E-state index in [0.717, 1.165) is 6.07 Å². The number of hydrogen-bond acceptors (Lipinski definition) is 7. The van der Waals surface area contributed by atoms with Crippen LogP contribution in [0.5, 0.6) is 11.5 Å². The normalized spacial score (nSPS) is 11.8. The maximum Gasteiger partial charge on any atom is 0.343 e. The molecule has 0 radical (unpaired) electrons. The summed E-state index contributed by atoms with van der Waals surface area (Å²) < 4.78 is 23.6. The molecule has 3 aromatic rings. The Morgan fingerprint density at radius 3 is 2.79 bits per heavy atom. The van der Waals surface area contributed by atoms with Gasteiger partial charge in [0.15, 0.2) is 28.7 Å². The second-order valence-electron chi connectivity index (χ2n) is 5.88. The number of nitrogens with zero attached hydrogens (tertiary/aromatic N) is 1. The number of carboxylic acids is 1. The van der Waals surface area contributed by atoms with Crippen LogP contribution >= 0.6 is 0 Å². The fraction of sp³-hybridized carbons (Fsp3) is 0.158. The average molecular weight is 388 g/mol. The molecule has 0 aliphatic heterocycles. The lowest BCUT2D eigenvalue weighted by Crippen LogP contribution is -2.14. The van der Waals surface area contributed by atoms with Gasteiger partial charge in [-0.05, 0) is 35.9 Å². The molecule has 1 heterocycles. The van der Waals surface area contributed by atoms with Crippen molar-refractivity contribution in [2.75, 3.05) is 19.0 Å². The SMILES string of the molecule is COc1cc(-c2onc(NCC(O)c3cccc(O)c3)c2C(=O)O)ccc1F. The number of rotatable bonds is 7. The van der Waals surface area contributed by atoms with Gasteiger partial charge in [0.25, 0.3) is 0 Å². The van der Waals surface area contributed by atoms with Crippen molar-refractivity contribution >= 4 is 11.8 Å². The summed E-state index contributed by atoms with van der Waals surface area (Å²) in [6, 6.07) is 9.82. The van der Waals surface area contributed by atoms with Crippen LogP contribution < -0.4 is 10.1 Å². The van der Waals surface area contributed by atoms with Crippen molar-refractivity contribution in [3.8, 4) is 22.8 Å². The molecule has 1 aromatic heterocycles. The molecule has 9 heteroatoms. The topological polar surface area (TPSA) is 125 Å². The van der Waals surface area contributed by atoms with E-state index in [-0.39, 0.29) is 40.7 Å². The Labute approximate surface area is 158 Å². The average Bonchev–Trinajstić information content (AvgIpc) is 3.10. The summed E-state index contributed by atoms with van der Waals surface area (Å²) in [6.07, 6.45) is -1.03. The van der Waals surface area contributed by atoms with Crippen molar-refractivity contribution < 1.29 is 33.8 Å². The number of ether oxygens (including phenoxy) is 1. The summed E-state index contributed by atoms with van der Waals surface area (Å²) in [5.41, 5.74) is 0.442. The van der Waals surface area contributed by atoms with Gasteiger partial charge in [-0.3, -0.25) is 0 Å². The highest BCUT2D eigenvalue weighted by atomic mass is 19.1. The number of nitrogens with one attached hydrogen (secondary N) is 1. The second-order valence-corrected chi connectivity index (χ2v) is 5.88. The van der Waals surface area contributed by atoms with Crippen LogP contribution in [0.2, 0.25) is 0 Å². The summed E-state index contributed by atoms with van der Waals surface area (Å²) in [4.78, 5) is 11.7. The molecule has 0 saturated carbocycles. The number of aliphatic hydroxyl groups is 1. The third kappa shape index (κ3) is 3.89. The van der Waals surface area contributed by atoms with Crippen molar-refractivity contribution in [1.29, 1.82) is 0 Å². The lowest BCUT2D eigenvalue weighted by Gasteiger charge is -2.12. The molecule has 3 rings (SSSR count). The zero-order valence-corrected chi connectivity index (χ0v) is 14.7. The number of aromatic carboxylic acids is 1. The molecule has 0 aliphatic carbocycles. The predicted octanol–water partition coefficient (Wildman–Crippen LogP) is 3.04. The molecular weight excluding hydrogens is 371 g/mol. The number of anilines is 1. The standard InChI is InChI=1S/C19H17FN2O6/c1-27-15-8-11(5-6-13(15)20)17-16(19(25)26)18(22-28-17)21-9-14(24)10-3-2-4-12(23)7-10/h2-8,14,23-24H,9H2,1H3,(H,21,22)(H,25,26). The zero-order chi connectivity index (χ0) is 20.3. The van der Waals surface area contributed by atoms with Gasteiger partial charge in [0, 0.05) is 12.1 Å². The largest absolute Gasteiger partial charge is 0.508 e. The minimum absolute atomic E-state index is 0.00301. The summed E-state index contributed by atoms with van der Waals surface area (Å²) in [5, 5.41) is 35.7. The third-order valence-electron chi connectivity index (χ3n) is 4.04. The first kappa shape index (κ1) is 19.2. The van der Waals surface area contributed by atoms with E-state index in [1.165, 1.54) is 31.4 Å². The number of benzene rings is 2. The first-order valence-corrected chi connectivity index (χ1v) is 8.18. The van der Waals surface area contributed by atoms with Gasteiger partial charge in [0.05, 0.1) is 13.2 Å². The third-order valence-corrected chi connectivity index (χ3v) is 4.04. The van der Waals surface area contributed by atoms with Gasteiger partial charge >= 0.3 is 5.97 Å². The summed E-state index contributed by atoms with van der Waals surface area (Å²) in [7, 11) is 1.29. The fourth-order valence-electron chi connectivity index (χ4n) is 2.65. The van der Waals surface area contributed by atoms with Crippen LogP contribution in [-0.2, 0) is 0 Å². The van der Waals surface area contributed by atoms with Gasteiger partial charge in [-0.25, -0.2) is 9.18 Å². The molecule has 1 atom stereocenters. The number of halogens is 1. The number of aromatic nitrogens is 1. The van der Waals surface area contributed by atoms with E-state index >= 15 is 0 Å². The minimum Gasteiger partial charge on any atom is -0.508 e. The molecule has 8 nitrogen and oxygen atoms in total. The highest BCUT2D eigenvalue weighted by Crippen LogP contribution is 2.32. The van der Waals surface area contributed by atoms with E-state index in [1.807, 2.05) is 0 Å². The maximum atomic E-state index is 13.6. The molecule has 0 fully saturated rings. The van der Waals surface area contributed by atoms with E-state index in [2.05, 4.69) is 10.5 Å². The number of aliphatic hydroxyl groups excluding tert-OH is 1. The van der Waals surface area contributed by atoms with Crippen molar-refractivity contribution in [1.82, 2.24) is 5.16 Å². The van der Waals surface area contributed by atoms with E-state index in [4.69, 9.17) is 9.26 Å². The van der Waals surface area contributed by atoms with Crippen LogP contribution in [0.25, 0.3) is 11.3 Å². The molecule has 28 heavy (non-hydrogen) atoms. The van der Waals surface area contributed by atoms with E-state index < -0.39 is 17.9 Å². The Balaban J connectivity index is 1.86. The number of methoxy groups -OCH3 is 1. The quantitative estimate of drug-likeness (QED) is 0.487. The molecule has 2 aromatic carbocycles. The highest BCUT2D eigenvalue weighted by Gasteiger charge is 2.25. The van der Waals surface area contributed by atoms with Gasteiger partial charge in [0.1, 0.15) is 5.75 Å². The minimum atomic E-state index is -1.31. The molecule has 146 valence electrons. The van der Waals surface area contributed by atoms with E-state index in [9.17, 15) is 24.5 Å². The Morgan fingerprint density at radius 1 is 1.32 bits per heavy atom. The van der Waals surface area contributed by atoms with Gasteiger partial charge in [-0.1, -0.05) is 17.3 Å². The monoisotopic (exact) mass is 388 g/mol. The number of carbonyl (C=O) groups is 1. The number of hydrogen-bond donors (Lipinski definition) is 4. The Hall–Kier alpha value is -3.59. The number of carboxylic acid groups (broad SMARTS) is 1. The molecule has 0 bridgehead atoms. The first-order valence-electron chi connectivity index (χ1n) is 8.18. The maximum absolute atomic E-state index is 13.6. The molecule has 4 N–H and O–H groups in total. The molecule has 1 unspecified atom stereocenters. The molecule has 0 saturated heterocycles. The van der Waals surface area contributed by atoms with E-state index in [1.54, 1.807) is 12.1 Å². The zero-order valence-electron chi connectivity index (χ0n) is 14.7. The second kappa shape index (κ2) is 7.97. The lowest BCUT2D eigenvalue weighted by molar-refractivity contribution is 0.0698. The highest BCUT2D eigenvalue weighted by molar-refractivity contribution is 5.99. The van der Waals surface area contributed by atoms with Crippen LogP contribution in [0.4, 0.5) is 10.2 Å². The van der Waals surface area contributed by atoms with Crippen LogP contribution in [0, 0.1) is 5.82 Å². The predicted molar refractivity (Wildman–Crippen MR) is 97.0 cm³/mol. The molecule has 0 aliphatic rings. The van der Waals surface area contributed by atoms with Gasteiger partial charge in [-0.15, -0.1) is 0 Å². The Kier molecular flexibility index (Phi) is 5.46. The Morgan fingerprint density at radius 2 is 2.11 bits per heavy atom. The van der Waals surface area contributed by atoms with Crippen molar-refractivity contribution in [3.63, 3.8) is 0 Å². The van der Waals surface area contributed by atoms with Crippen LogP contribution in [0.3, 0.4) is 0 Å². The number of aromatic hydroxyl groups is 1. The lowest BCUT2D eigenvalue weighted by atomic mass is 10.1. The van der Waals surface area contributed by atoms with Crippen molar-refractivity contribution in [2.45, 2.75) is 6.10 Å². The summed E-state index contributed by atoms with van der Waals surface area (Å²) >= 11 is 0. The molecule has 0 spiro atoms.